The van der Waals surface area contributed by atoms with E-state index in [-0.39, 0.29) is 12.1 Å². The maximum Gasteiger partial charge on any atom is 0.0698 e. The van der Waals surface area contributed by atoms with Crippen LogP contribution >= 0.6 is 0 Å². The molecule has 110 valence electrons. The molecule has 0 amide bonds. The van der Waals surface area contributed by atoms with E-state index in [4.69, 9.17) is 9.84 Å². The Morgan fingerprint density at radius 2 is 1.83 bits per heavy atom. The molecule has 0 radical (unpaired) electrons. The summed E-state index contributed by atoms with van der Waals surface area (Å²) in [6.07, 6.45) is 1.15. The lowest BCUT2D eigenvalue weighted by Crippen LogP contribution is -2.39. The Morgan fingerprint density at radius 3 is 2.33 bits per heavy atom. The molecular weight excluding hydrogens is 228 g/mol. The average Bonchev–Trinajstić information content (AvgIpc) is 2.25. The highest BCUT2D eigenvalue weighted by Gasteiger charge is 2.11. The first-order valence-corrected chi connectivity index (χ1v) is 7.04. The summed E-state index contributed by atoms with van der Waals surface area (Å²) in [5, 5.41) is 12.1. The van der Waals surface area contributed by atoms with E-state index >= 15 is 0 Å². The number of ether oxygens (including phenoxy) is 1. The maximum absolute atomic E-state index is 8.64. The molecule has 0 unspecified atom stereocenters. The summed E-state index contributed by atoms with van der Waals surface area (Å²) in [7, 11) is 0. The Kier molecular flexibility index (Phi) is 9.64. The van der Waals surface area contributed by atoms with Crippen LogP contribution in [0.15, 0.2) is 0 Å². The Balaban J connectivity index is 3.70. The second kappa shape index (κ2) is 9.73. The van der Waals surface area contributed by atoms with Crippen molar-refractivity contribution >= 4 is 0 Å². The lowest BCUT2D eigenvalue weighted by molar-refractivity contribution is 0.0664. The lowest BCUT2D eigenvalue weighted by atomic mass is 10.1. The normalized spacial score (nSPS) is 12.7. The molecule has 0 spiro atoms. The van der Waals surface area contributed by atoms with E-state index in [0.29, 0.717) is 19.3 Å². The molecule has 0 aromatic heterocycles. The first kappa shape index (κ1) is 17.8. The Morgan fingerprint density at radius 1 is 1.17 bits per heavy atom. The van der Waals surface area contributed by atoms with Gasteiger partial charge in [-0.05, 0) is 54.1 Å². The molecule has 0 aromatic carbocycles. The van der Waals surface area contributed by atoms with Gasteiger partial charge in [0.15, 0.2) is 0 Å². The van der Waals surface area contributed by atoms with E-state index in [1.165, 1.54) is 0 Å². The minimum atomic E-state index is 0.108. The van der Waals surface area contributed by atoms with Crippen LogP contribution in [0.4, 0.5) is 0 Å². The zero-order valence-electron chi connectivity index (χ0n) is 12.8. The van der Waals surface area contributed by atoms with Crippen LogP contribution in [0.25, 0.3) is 0 Å². The highest BCUT2D eigenvalue weighted by Crippen LogP contribution is 2.02. The van der Waals surface area contributed by atoms with Gasteiger partial charge in [0, 0.05) is 18.1 Å². The predicted molar refractivity (Wildman–Crippen MR) is 77.0 cm³/mol. The predicted octanol–water partition coefficient (Wildman–Crippen LogP) is 1.48. The van der Waals surface area contributed by atoms with E-state index in [2.05, 4.69) is 44.8 Å². The van der Waals surface area contributed by atoms with Crippen molar-refractivity contribution in [1.29, 1.82) is 0 Å². The molecule has 4 heteroatoms. The zero-order chi connectivity index (χ0) is 14.0. The van der Waals surface area contributed by atoms with Crippen LogP contribution in [-0.4, -0.2) is 61.0 Å². The number of rotatable bonds is 10. The molecule has 4 nitrogen and oxygen atoms in total. The van der Waals surface area contributed by atoms with Crippen molar-refractivity contribution < 1.29 is 9.84 Å². The van der Waals surface area contributed by atoms with Crippen molar-refractivity contribution in [3.05, 3.63) is 0 Å². The van der Waals surface area contributed by atoms with Crippen LogP contribution in [-0.2, 0) is 4.74 Å². The van der Waals surface area contributed by atoms with Gasteiger partial charge in [-0.2, -0.15) is 0 Å². The smallest absolute Gasteiger partial charge is 0.0698 e. The second-order valence-corrected chi connectivity index (χ2v) is 6.00. The third kappa shape index (κ3) is 11.0. The topological polar surface area (TPSA) is 44.7 Å². The summed E-state index contributed by atoms with van der Waals surface area (Å²) in [5.41, 5.74) is 0.201. The van der Waals surface area contributed by atoms with Gasteiger partial charge in [-0.3, -0.25) is 4.90 Å². The van der Waals surface area contributed by atoms with Crippen molar-refractivity contribution in [2.75, 3.05) is 39.5 Å². The van der Waals surface area contributed by atoms with Gasteiger partial charge in [0.05, 0.1) is 19.8 Å². The Hall–Kier alpha value is -0.160. The van der Waals surface area contributed by atoms with Crippen molar-refractivity contribution in [2.45, 2.75) is 52.6 Å². The van der Waals surface area contributed by atoms with Crippen LogP contribution in [0.3, 0.4) is 0 Å². The monoisotopic (exact) mass is 260 g/mol. The van der Waals surface area contributed by atoms with Crippen LogP contribution < -0.4 is 5.32 Å². The molecule has 0 atom stereocenters. The highest BCUT2D eigenvalue weighted by atomic mass is 16.5. The van der Waals surface area contributed by atoms with Crippen LogP contribution in [0.5, 0.6) is 0 Å². The number of nitrogens with one attached hydrogen (secondary N) is 1. The highest BCUT2D eigenvalue weighted by molar-refractivity contribution is 4.71. The molecule has 0 aliphatic rings. The molecule has 0 bridgehead atoms. The van der Waals surface area contributed by atoms with E-state index < -0.39 is 0 Å². The largest absolute Gasteiger partial charge is 0.394 e. The first-order valence-electron chi connectivity index (χ1n) is 7.04. The van der Waals surface area contributed by atoms with E-state index in [9.17, 15) is 0 Å². The standard InChI is InChI=1S/C14H32N2O2/c1-13(2)16(9-11-18-12-10-17)8-6-7-15-14(3,4)5/h13,15,17H,6-12H2,1-5H3. The van der Waals surface area contributed by atoms with Crippen molar-refractivity contribution in [1.82, 2.24) is 10.2 Å². The summed E-state index contributed by atoms with van der Waals surface area (Å²) in [5.74, 6) is 0. The Labute approximate surface area is 113 Å². The molecule has 0 aromatic rings. The third-order valence-electron chi connectivity index (χ3n) is 2.77. The van der Waals surface area contributed by atoms with Crippen LogP contribution in [0.1, 0.15) is 41.0 Å². The van der Waals surface area contributed by atoms with Gasteiger partial charge in [0.1, 0.15) is 0 Å². The molecule has 2 N–H and O–H groups in total. The van der Waals surface area contributed by atoms with Gasteiger partial charge < -0.3 is 15.2 Å². The molecule has 0 saturated heterocycles. The van der Waals surface area contributed by atoms with Gasteiger partial charge in [-0.25, -0.2) is 0 Å². The molecule has 0 fully saturated rings. The number of aliphatic hydroxyl groups excluding tert-OH is 1. The quantitative estimate of drug-likeness (QED) is 0.584. The SMILES string of the molecule is CC(C)N(CCCNC(C)(C)C)CCOCCO. The minimum absolute atomic E-state index is 0.108. The fourth-order valence-corrected chi connectivity index (χ4v) is 1.72. The van der Waals surface area contributed by atoms with Gasteiger partial charge in [-0.15, -0.1) is 0 Å². The summed E-state index contributed by atoms with van der Waals surface area (Å²) in [6, 6.07) is 0.539. The van der Waals surface area contributed by atoms with E-state index in [1.807, 2.05) is 0 Å². The molecular formula is C14H32N2O2. The lowest BCUT2D eigenvalue weighted by Gasteiger charge is -2.27. The molecule has 0 rings (SSSR count). The fourth-order valence-electron chi connectivity index (χ4n) is 1.72. The summed E-state index contributed by atoms with van der Waals surface area (Å²) < 4.78 is 5.32. The molecule has 0 aliphatic heterocycles. The molecule has 18 heavy (non-hydrogen) atoms. The van der Waals surface area contributed by atoms with Gasteiger partial charge in [0.2, 0.25) is 0 Å². The van der Waals surface area contributed by atoms with E-state index in [0.717, 1.165) is 26.1 Å². The first-order chi connectivity index (χ1) is 8.37. The average molecular weight is 260 g/mol. The second-order valence-electron chi connectivity index (χ2n) is 6.00. The van der Waals surface area contributed by atoms with Crippen molar-refractivity contribution in [2.24, 2.45) is 0 Å². The van der Waals surface area contributed by atoms with Gasteiger partial charge >= 0.3 is 0 Å². The van der Waals surface area contributed by atoms with Crippen molar-refractivity contribution in [3.8, 4) is 0 Å². The van der Waals surface area contributed by atoms with Gasteiger partial charge in [-0.1, -0.05) is 0 Å². The van der Waals surface area contributed by atoms with Crippen molar-refractivity contribution in [3.63, 3.8) is 0 Å². The van der Waals surface area contributed by atoms with Crippen LogP contribution in [0.2, 0.25) is 0 Å². The molecule has 0 saturated carbocycles. The minimum Gasteiger partial charge on any atom is -0.394 e. The Bertz CT molecular complexity index is 191. The number of aliphatic hydroxyl groups is 1. The number of hydrogen-bond acceptors (Lipinski definition) is 4. The maximum atomic E-state index is 8.64. The van der Waals surface area contributed by atoms with Crippen LogP contribution in [0, 0.1) is 0 Å². The third-order valence-corrected chi connectivity index (χ3v) is 2.77. The molecule has 0 heterocycles. The van der Waals surface area contributed by atoms with E-state index in [1.54, 1.807) is 0 Å². The number of nitrogens with zero attached hydrogens (tertiary/aromatic N) is 1. The fraction of sp³-hybridized carbons (Fsp3) is 1.00. The summed E-state index contributed by atoms with van der Waals surface area (Å²) >= 11 is 0. The number of hydrogen-bond donors (Lipinski definition) is 2. The summed E-state index contributed by atoms with van der Waals surface area (Å²) in [6.45, 7) is 15.3. The summed E-state index contributed by atoms with van der Waals surface area (Å²) in [4.78, 5) is 2.42. The van der Waals surface area contributed by atoms with Gasteiger partial charge in [0.25, 0.3) is 0 Å². The zero-order valence-corrected chi connectivity index (χ0v) is 12.8. The molecule has 0 aliphatic carbocycles.